The second-order valence-corrected chi connectivity index (χ2v) is 8.09. The third kappa shape index (κ3) is 3.19. The van der Waals surface area contributed by atoms with Crippen LogP contribution < -0.4 is 5.32 Å². The Kier molecular flexibility index (Phi) is 4.80. The Balaban J connectivity index is 2.00. The Hall–Kier alpha value is -0.980. The van der Waals surface area contributed by atoms with Crippen LogP contribution >= 0.6 is 39.5 Å². The number of thiocarbonyl (C=S) groups is 1. The number of thiophene rings is 1. The molecule has 0 spiro atoms. The van der Waals surface area contributed by atoms with Gasteiger partial charge in [-0.25, -0.2) is 0 Å². The van der Waals surface area contributed by atoms with Crippen molar-refractivity contribution in [3.63, 3.8) is 0 Å². The predicted octanol–water partition coefficient (Wildman–Crippen LogP) is 4.53. The summed E-state index contributed by atoms with van der Waals surface area (Å²) >= 11 is 10.9. The van der Waals surface area contributed by atoms with E-state index in [1.165, 1.54) is 4.88 Å². The van der Waals surface area contributed by atoms with Gasteiger partial charge >= 0.3 is 0 Å². The Morgan fingerprint density at radius 2 is 2.27 bits per heavy atom. The first kappa shape index (κ1) is 15.9. The highest BCUT2D eigenvalue weighted by atomic mass is 79.9. The number of nitrogens with one attached hydrogen (secondary N) is 1. The standard InChI is InChI=1S/C16H18BrN3S2/c1-10(2)8-20-15(13-7-11(17)9-22-13)14(19-16(20)21)12-5-3-4-6-18-12/h3-7,9-10,14-15H,8H2,1-2H3,(H,19,21)/t14-,15-/m0/s1. The minimum Gasteiger partial charge on any atom is -0.352 e. The molecule has 0 amide bonds. The van der Waals surface area contributed by atoms with Gasteiger partial charge in [-0.15, -0.1) is 11.3 Å². The summed E-state index contributed by atoms with van der Waals surface area (Å²) in [6.07, 6.45) is 1.84. The van der Waals surface area contributed by atoms with Crippen LogP contribution in [-0.4, -0.2) is 21.5 Å². The minimum absolute atomic E-state index is 0.0954. The van der Waals surface area contributed by atoms with Crippen LogP contribution in [0.25, 0.3) is 0 Å². The van der Waals surface area contributed by atoms with E-state index in [1.807, 2.05) is 18.3 Å². The van der Waals surface area contributed by atoms with Gasteiger partial charge in [-0.1, -0.05) is 19.9 Å². The molecule has 0 bridgehead atoms. The van der Waals surface area contributed by atoms with Crippen LogP contribution in [0.3, 0.4) is 0 Å². The Labute approximate surface area is 148 Å². The summed E-state index contributed by atoms with van der Waals surface area (Å²) in [7, 11) is 0. The lowest BCUT2D eigenvalue weighted by atomic mass is 10.0. The van der Waals surface area contributed by atoms with E-state index in [-0.39, 0.29) is 12.1 Å². The fourth-order valence-electron chi connectivity index (χ4n) is 2.79. The first-order chi connectivity index (χ1) is 10.6. The number of rotatable bonds is 4. The lowest BCUT2D eigenvalue weighted by molar-refractivity contribution is 0.291. The van der Waals surface area contributed by atoms with Crippen LogP contribution in [-0.2, 0) is 0 Å². The third-order valence-corrected chi connectivity index (χ3v) is 5.76. The van der Waals surface area contributed by atoms with Crippen LogP contribution in [0.5, 0.6) is 0 Å². The molecule has 6 heteroatoms. The predicted molar refractivity (Wildman–Crippen MR) is 99.0 cm³/mol. The molecule has 3 nitrogen and oxygen atoms in total. The molecule has 1 fully saturated rings. The average Bonchev–Trinajstić information content (AvgIpc) is 3.04. The van der Waals surface area contributed by atoms with Crippen molar-refractivity contribution in [1.82, 2.24) is 15.2 Å². The van der Waals surface area contributed by atoms with E-state index >= 15 is 0 Å². The molecular formula is C16H18BrN3S2. The number of halogens is 1. The van der Waals surface area contributed by atoms with E-state index in [9.17, 15) is 0 Å². The smallest absolute Gasteiger partial charge is 0.170 e. The summed E-state index contributed by atoms with van der Waals surface area (Å²) in [5, 5.41) is 6.41. The van der Waals surface area contributed by atoms with Gasteiger partial charge in [0.05, 0.1) is 17.8 Å². The van der Waals surface area contributed by atoms with Crippen molar-refractivity contribution in [2.75, 3.05) is 6.54 Å². The molecule has 2 aromatic rings. The van der Waals surface area contributed by atoms with E-state index in [4.69, 9.17) is 12.2 Å². The zero-order valence-electron chi connectivity index (χ0n) is 12.5. The van der Waals surface area contributed by atoms with Crippen molar-refractivity contribution < 1.29 is 0 Å². The molecule has 0 radical (unpaired) electrons. The highest BCUT2D eigenvalue weighted by Crippen LogP contribution is 2.41. The Bertz CT molecular complexity index is 656. The molecule has 3 heterocycles. The lowest BCUT2D eigenvalue weighted by Crippen LogP contribution is -2.32. The van der Waals surface area contributed by atoms with Gasteiger partial charge in [-0.3, -0.25) is 4.98 Å². The van der Waals surface area contributed by atoms with Crippen LogP contribution in [0.1, 0.15) is 36.5 Å². The molecule has 1 saturated heterocycles. The minimum atomic E-state index is 0.0954. The first-order valence-electron chi connectivity index (χ1n) is 7.28. The molecule has 22 heavy (non-hydrogen) atoms. The molecule has 0 unspecified atom stereocenters. The van der Waals surface area contributed by atoms with Gasteiger partial charge in [-0.05, 0) is 52.3 Å². The van der Waals surface area contributed by atoms with Crippen LogP contribution in [0.15, 0.2) is 40.3 Å². The van der Waals surface area contributed by atoms with Gasteiger partial charge < -0.3 is 10.2 Å². The maximum absolute atomic E-state index is 5.60. The summed E-state index contributed by atoms with van der Waals surface area (Å²) in [6, 6.07) is 8.52. The zero-order chi connectivity index (χ0) is 15.7. The van der Waals surface area contributed by atoms with Crippen LogP contribution in [0, 0.1) is 5.92 Å². The quantitative estimate of drug-likeness (QED) is 0.769. The highest BCUT2D eigenvalue weighted by molar-refractivity contribution is 9.10. The van der Waals surface area contributed by atoms with Gasteiger partial charge in [0, 0.05) is 27.5 Å². The van der Waals surface area contributed by atoms with Crippen molar-refractivity contribution in [2.45, 2.75) is 25.9 Å². The lowest BCUT2D eigenvalue weighted by Gasteiger charge is -2.28. The molecule has 1 aliphatic rings. The molecule has 116 valence electrons. The number of nitrogens with zero attached hydrogens (tertiary/aromatic N) is 2. The molecular weight excluding hydrogens is 378 g/mol. The van der Waals surface area contributed by atoms with Gasteiger partial charge in [0.2, 0.25) is 0 Å². The van der Waals surface area contributed by atoms with Crippen molar-refractivity contribution in [2.24, 2.45) is 5.92 Å². The maximum atomic E-state index is 5.60. The number of pyridine rings is 1. The van der Waals surface area contributed by atoms with Gasteiger partial charge in [0.25, 0.3) is 0 Å². The number of hydrogen-bond acceptors (Lipinski definition) is 3. The average molecular weight is 396 g/mol. The van der Waals surface area contributed by atoms with Crippen LogP contribution in [0.4, 0.5) is 0 Å². The topological polar surface area (TPSA) is 28.2 Å². The SMILES string of the molecule is CC(C)CN1C(=S)N[C@@H](c2ccccn2)[C@@H]1c1cc(Br)cs1. The van der Waals surface area contributed by atoms with Crippen molar-refractivity contribution in [1.29, 1.82) is 0 Å². The van der Waals surface area contributed by atoms with Crippen molar-refractivity contribution >= 4 is 44.6 Å². The second-order valence-electron chi connectivity index (χ2n) is 5.84. The summed E-state index contributed by atoms with van der Waals surface area (Å²) < 4.78 is 1.12. The van der Waals surface area contributed by atoms with Crippen molar-refractivity contribution in [3.05, 3.63) is 50.9 Å². The van der Waals surface area contributed by atoms with Gasteiger partial charge in [0.15, 0.2) is 5.11 Å². The third-order valence-electron chi connectivity index (χ3n) is 3.64. The fourth-order valence-corrected chi connectivity index (χ4v) is 4.70. The molecule has 2 atom stereocenters. The molecule has 0 aliphatic carbocycles. The molecule has 2 aromatic heterocycles. The number of aromatic nitrogens is 1. The van der Waals surface area contributed by atoms with Gasteiger partial charge in [-0.2, -0.15) is 0 Å². The van der Waals surface area contributed by atoms with E-state index in [1.54, 1.807) is 11.3 Å². The molecule has 0 saturated carbocycles. The molecule has 1 aliphatic heterocycles. The van der Waals surface area contributed by atoms with Gasteiger partial charge in [0.1, 0.15) is 0 Å². The molecule has 0 aromatic carbocycles. The summed E-state index contributed by atoms with van der Waals surface area (Å²) in [5.41, 5.74) is 1.03. The first-order valence-corrected chi connectivity index (χ1v) is 9.36. The second kappa shape index (κ2) is 6.64. The largest absolute Gasteiger partial charge is 0.352 e. The maximum Gasteiger partial charge on any atom is 0.170 e. The van der Waals surface area contributed by atoms with E-state index in [2.05, 4.69) is 62.5 Å². The molecule has 3 rings (SSSR count). The van der Waals surface area contributed by atoms with E-state index in [0.717, 1.165) is 21.8 Å². The monoisotopic (exact) mass is 395 g/mol. The summed E-state index contributed by atoms with van der Waals surface area (Å²) in [6.45, 7) is 5.38. The zero-order valence-corrected chi connectivity index (χ0v) is 15.7. The summed E-state index contributed by atoms with van der Waals surface area (Å²) in [5.74, 6) is 0.549. The molecule has 1 N–H and O–H groups in total. The normalized spacial score (nSPS) is 21.5. The summed E-state index contributed by atoms with van der Waals surface area (Å²) in [4.78, 5) is 8.14. The fraction of sp³-hybridized carbons (Fsp3) is 0.375. The van der Waals surface area contributed by atoms with E-state index in [0.29, 0.717) is 5.92 Å². The van der Waals surface area contributed by atoms with Crippen LogP contribution in [0.2, 0.25) is 0 Å². The Morgan fingerprint density at radius 1 is 1.45 bits per heavy atom. The Morgan fingerprint density at radius 3 is 2.86 bits per heavy atom. The van der Waals surface area contributed by atoms with E-state index < -0.39 is 0 Å². The highest BCUT2D eigenvalue weighted by Gasteiger charge is 2.40. The number of hydrogen-bond donors (Lipinski definition) is 1. The van der Waals surface area contributed by atoms with Crippen molar-refractivity contribution in [3.8, 4) is 0 Å².